The van der Waals surface area contributed by atoms with E-state index >= 15 is 0 Å². The average Bonchev–Trinajstić information content (AvgIpc) is 2.68. The molecule has 120 valence electrons. The summed E-state index contributed by atoms with van der Waals surface area (Å²) in [7, 11) is 0. The van der Waals surface area contributed by atoms with Crippen LogP contribution in [0, 0.1) is 0 Å². The second-order valence-electron chi connectivity index (χ2n) is 6.98. The predicted octanol–water partition coefficient (Wildman–Crippen LogP) is 6.74. The van der Waals surface area contributed by atoms with Crippen molar-refractivity contribution in [3.63, 3.8) is 0 Å². The van der Waals surface area contributed by atoms with E-state index in [1.54, 1.807) is 0 Å². The molecule has 25 heavy (non-hydrogen) atoms. The molecule has 0 bridgehead atoms. The minimum absolute atomic E-state index is 0.568. The molecule has 0 heterocycles. The molecule has 1 aliphatic rings. The van der Waals surface area contributed by atoms with Crippen LogP contribution in [-0.2, 0) is 6.42 Å². The third-order valence-electron chi connectivity index (χ3n) is 5.47. The van der Waals surface area contributed by atoms with Gasteiger partial charge in [-0.25, -0.2) is 0 Å². The van der Waals surface area contributed by atoms with Gasteiger partial charge in [0.25, 0.3) is 0 Å². The van der Waals surface area contributed by atoms with Crippen LogP contribution in [0.3, 0.4) is 0 Å². The SMILES string of the molecule is C1=Cc2c(ccc3c2ccc2ccccc23)C(Cc2ccccc2)C1. The lowest BCUT2D eigenvalue weighted by Crippen LogP contribution is -2.07. The van der Waals surface area contributed by atoms with Gasteiger partial charge in [0.2, 0.25) is 0 Å². The van der Waals surface area contributed by atoms with Gasteiger partial charge in [-0.3, -0.25) is 0 Å². The number of benzene rings is 4. The molecule has 0 heteroatoms. The first-order chi connectivity index (χ1) is 12.4. The van der Waals surface area contributed by atoms with Gasteiger partial charge in [-0.05, 0) is 57.0 Å². The maximum absolute atomic E-state index is 2.36. The molecule has 0 spiro atoms. The van der Waals surface area contributed by atoms with Crippen molar-refractivity contribution in [2.24, 2.45) is 0 Å². The van der Waals surface area contributed by atoms with E-state index in [1.807, 2.05) is 0 Å². The number of rotatable bonds is 2. The predicted molar refractivity (Wildman–Crippen MR) is 108 cm³/mol. The minimum Gasteiger partial charge on any atom is -0.0833 e. The zero-order valence-electron chi connectivity index (χ0n) is 14.2. The van der Waals surface area contributed by atoms with Gasteiger partial charge >= 0.3 is 0 Å². The van der Waals surface area contributed by atoms with E-state index in [0.717, 1.165) is 12.8 Å². The van der Waals surface area contributed by atoms with Gasteiger partial charge in [-0.1, -0.05) is 91.0 Å². The van der Waals surface area contributed by atoms with E-state index in [2.05, 4.69) is 91.0 Å². The molecule has 5 rings (SSSR count). The third-order valence-corrected chi connectivity index (χ3v) is 5.47. The van der Waals surface area contributed by atoms with Crippen LogP contribution in [0.5, 0.6) is 0 Å². The van der Waals surface area contributed by atoms with Crippen LogP contribution < -0.4 is 0 Å². The maximum atomic E-state index is 2.36. The van der Waals surface area contributed by atoms with Crippen LogP contribution in [0.15, 0.2) is 84.9 Å². The Labute approximate surface area is 148 Å². The van der Waals surface area contributed by atoms with Crippen molar-refractivity contribution in [2.45, 2.75) is 18.8 Å². The Bertz CT molecular complexity index is 1090. The zero-order chi connectivity index (χ0) is 16.6. The summed E-state index contributed by atoms with van der Waals surface area (Å²) in [6.07, 6.45) is 6.91. The van der Waals surface area contributed by atoms with E-state index in [0.29, 0.717) is 5.92 Å². The first-order valence-corrected chi connectivity index (χ1v) is 9.05. The summed E-state index contributed by atoms with van der Waals surface area (Å²) in [5.74, 6) is 0.568. The summed E-state index contributed by atoms with van der Waals surface area (Å²) < 4.78 is 0. The van der Waals surface area contributed by atoms with Crippen LogP contribution in [0.2, 0.25) is 0 Å². The van der Waals surface area contributed by atoms with Crippen molar-refractivity contribution in [2.75, 3.05) is 0 Å². The van der Waals surface area contributed by atoms with Gasteiger partial charge in [0, 0.05) is 0 Å². The topological polar surface area (TPSA) is 0 Å². The number of fused-ring (bicyclic) bond motifs is 5. The van der Waals surface area contributed by atoms with Crippen LogP contribution in [0.25, 0.3) is 27.6 Å². The average molecular weight is 320 g/mol. The molecule has 0 nitrogen and oxygen atoms in total. The lowest BCUT2D eigenvalue weighted by atomic mass is 9.81. The van der Waals surface area contributed by atoms with Crippen LogP contribution >= 0.6 is 0 Å². The quantitative estimate of drug-likeness (QED) is 0.359. The van der Waals surface area contributed by atoms with Crippen LogP contribution in [0.4, 0.5) is 0 Å². The highest BCUT2D eigenvalue weighted by Crippen LogP contribution is 2.38. The lowest BCUT2D eigenvalue weighted by Gasteiger charge is -2.23. The van der Waals surface area contributed by atoms with Crippen molar-refractivity contribution in [3.05, 3.63) is 102 Å². The van der Waals surface area contributed by atoms with Crippen molar-refractivity contribution in [3.8, 4) is 0 Å². The van der Waals surface area contributed by atoms with Gasteiger partial charge in [0.15, 0.2) is 0 Å². The fourth-order valence-electron chi connectivity index (χ4n) is 4.24. The normalized spacial score (nSPS) is 16.2. The monoisotopic (exact) mass is 320 g/mol. The van der Waals surface area contributed by atoms with Gasteiger partial charge in [-0.2, -0.15) is 0 Å². The highest BCUT2D eigenvalue weighted by atomic mass is 14.2. The van der Waals surface area contributed by atoms with Crippen molar-refractivity contribution < 1.29 is 0 Å². The summed E-state index contributed by atoms with van der Waals surface area (Å²) in [6.45, 7) is 0. The Morgan fingerprint density at radius 3 is 2.40 bits per heavy atom. The number of allylic oxidation sites excluding steroid dienone is 1. The Morgan fingerprint density at radius 1 is 0.680 bits per heavy atom. The molecular formula is C25H20. The molecular weight excluding hydrogens is 300 g/mol. The fraction of sp³-hybridized carbons (Fsp3) is 0.120. The summed E-state index contributed by atoms with van der Waals surface area (Å²) in [5, 5.41) is 5.41. The Hall–Kier alpha value is -2.86. The molecule has 1 atom stereocenters. The minimum atomic E-state index is 0.568. The molecule has 1 aliphatic carbocycles. The number of hydrogen-bond acceptors (Lipinski definition) is 0. The third kappa shape index (κ3) is 2.46. The number of hydrogen-bond donors (Lipinski definition) is 0. The van der Waals surface area contributed by atoms with Crippen LogP contribution in [0.1, 0.15) is 29.0 Å². The largest absolute Gasteiger partial charge is 0.0833 e. The second kappa shape index (κ2) is 5.89. The van der Waals surface area contributed by atoms with E-state index in [-0.39, 0.29) is 0 Å². The molecule has 4 aromatic carbocycles. The smallest absolute Gasteiger partial charge is 0.00807 e. The molecule has 0 saturated heterocycles. The van der Waals surface area contributed by atoms with Crippen molar-refractivity contribution in [1.29, 1.82) is 0 Å². The Kier molecular flexibility index (Phi) is 3.41. The molecule has 0 fully saturated rings. The molecule has 0 aliphatic heterocycles. The lowest BCUT2D eigenvalue weighted by molar-refractivity contribution is 0.690. The molecule has 1 unspecified atom stereocenters. The summed E-state index contributed by atoms with van der Waals surface area (Å²) >= 11 is 0. The first-order valence-electron chi connectivity index (χ1n) is 9.05. The van der Waals surface area contributed by atoms with Crippen LogP contribution in [-0.4, -0.2) is 0 Å². The molecule has 4 aromatic rings. The Balaban J connectivity index is 1.66. The van der Waals surface area contributed by atoms with E-state index in [4.69, 9.17) is 0 Å². The van der Waals surface area contributed by atoms with E-state index < -0.39 is 0 Å². The van der Waals surface area contributed by atoms with Crippen molar-refractivity contribution >= 4 is 27.6 Å². The zero-order valence-corrected chi connectivity index (χ0v) is 14.2. The Morgan fingerprint density at radius 2 is 1.48 bits per heavy atom. The highest BCUT2D eigenvalue weighted by Gasteiger charge is 2.19. The molecule has 0 saturated carbocycles. The van der Waals surface area contributed by atoms with Gasteiger partial charge in [0.1, 0.15) is 0 Å². The summed E-state index contributed by atoms with van der Waals surface area (Å²) in [4.78, 5) is 0. The molecule has 0 N–H and O–H groups in total. The van der Waals surface area contributed by atoms with Crippen molar-refractivity contribution in [1.82, 2.24) is 0 Å². The highest BCUT2D eigenvalue weighted by molar-refractivity contribution is 6.10. The molecule has 0 radical (unpaired) electrons. The van der Waals surface area contributed by atoms with E-state index in [1.165, 1.54) is 38.2 Å². The van der Waals surface area contributed by atoms with Gasteiger partial charge in [-0.15, -0.1) is 0 Å². The fourth-order valence-corrected chi connectivity index (χ4v) is 4.24. The first kappa shape index (κ1) is 14.5. The summed E-state index contributed by atoms with van der Waals surface area (Å²) in [6, 6.07) is 28.8. The summed E-state index contributed by atoms with van der Waals surface area (Å²) in [5.41, 5.74) is 4.33. The van der Waals surface area contributed by atoms with Gasteiger partial charge < -0.3 is 0 Å². The van der Waals surface area contributed by atoms with E-state index in [9.17, 15) is 0 Å². The second-order valence-corrected chi connectivity index (χ2v) is 6.98. The molecule has 0 amide bonds. The van der Waals surface area contributed by atoms with Gasteiger partial charge in [0.05, 0.1) is 0 Å². The maximum Gasteiger partial charge on any atom is -0.00807 e. The molecule has 0 aromatic heterocycles. The standard InChI is InChI=1S/C25H20/c1-2-7-18(8-3-1)17-20-10-6-12-23-22(20)15-16-24-21-11-5-4-9-19(21)13-14-25(23)24/h1-9,11-16,20H,10,17H2.